The van der Waals surface area contributed by atoms with Crippen molar-refractivity contribution >= 4 is 39.4 Å². The number of benzene rings is 2. The predicted octanol–water partition coefficient (Wildman–Crippen LogP) is 3.16. The Hall–Kier alpha value is -3.02. The van der Waals surface area contributed by atoms with Gasteiger partial charge in [0.25, 0.3) is 0 Å². The Labute approximate surface area is 132 Å². The van der Waals surface area contributed by atoms with Crippen molar-refractivity contribution < 1.29 is 19.4 Å². The fourth-order valence-electron chi connectivity index (χ4n) is 2.66. The first-order chi connectivity index (χ1) is 11.0. The number of phenols is 1. The van der Waals surface area contributed by atoms with Gasteiger partial charge < -0.3 is 20.1 Å². The maximum Gasteiger partial charge on any atom is 0.344 e. The van der Waals surface area contributed by atoms with E-state index >= 15 is 0 Å². The smallest absolute Gasteiger partial charge is 0.344 e. The lowest BCUT2D eigenvalue weighted by atomic mass is 10.1. The number of carbonyl (C=O) groups is 2. The van der Waals surface area contributed by atoms with Crippen LogP contribution in [0, 0.1) is 0 Å². The molecule has 0 bridgehead atoms. The Balaban J connectivity index is 2.38. The molecule has 0 aliphatic heterocycles. The zero-order chi connectivity index (χ0) is 16.6. The molecule has 3 rings (SSSR count). The summed E-state index contributed by atoms with van der Waals surface area (Å²) in [7, 11) is 0. The molecule has 0 unspecified atom stereocenters. The Kier molecular flexibility index (Phi) is 3.65. The first-order valence-electron chi connectivity index (χ1n) is 7.24. The molecule has 1 amide bonds. The molecule has 0 fully saturated rings. The van der Waals surface area contributed by atoms with Gasteiger partial charge in [0.1, 0.15) is 5.56 Å². The summed E-state index contributed by atoms with van der Waals surface area (Å²) >= 11 is 0. The topological polar surface area (TPSA) is 91.4 Å². The highest BCUT2D eigenvalue weighted by atomic mass is 16.5. The summed E-state index contributed by atoms with van der Waals surface area (Å²) in [6, 6.07) is 9.17. The lowest BCUT2D eigenvalue weighted by Crippen LogP contribution is -2.10. The maximum absolute atomic E-state index is 12.3. The number of carbonyl (C=O) groups excluding carboxylic acids is 2. The van der Waals surface area contributed by atoms with Gasteiger partial charge in [-0.15, -0.1) is 0 Å². The van der Waals surface area contributed by atoms with Gasteiger partial charge in [-0.05, 0) is 19.1 Å². The van der Waals surface area contributed by atoms with Gasteiger partial charge in [0, 0.05) is 23.2 Å². The number of aromatic hydroxyl groups is 1. The van der Waals surface area contributed by atoms with Crippen molar-refractivity contribution in [2.24, 2.45) is 0 Å². The van der Waals surface area contributed by atoms with Crippen LogP contribution in [-0.4, -0.2) is 28.6 Å². The molecule has 6 nitrogen and oxygen atoms in total. The zero-order valence-corrected chi connectivity index (χ0v) is 12.8. The fourth-order valence-corrected chi connectivity index (χ4v) is 2.66. The molecular formula is C17H16N2O4. The second-order valence-corrected chi connectivity index (χ2v) is 5.14. The van der Waals surface area contributed by atoms with Gasteiger partial charge in [-0.25, -0.2) is 4.79 Å². The number of nitrogens with one attached hydrogen (secondary N) is 2. The fraction of sp³-hybridized carbons (Fsp3) is 0.176. The predicted molar refractivity (Wildman–Crippen MR) is 87.7 cm³/mol. The highest BCUT2D eigenvalue weighted by Gasteiger charge is 2.23. The lowest BCUT2D eigenvalue weighted by molar-refractivity contribution is -0.114. The van der Waals surface area contributed by atoms with E-state index in [9.17, 15) is 14.7 Å². The van der Waals surface area contributed by atoms with Crippen LogP contribution in [0.4, 0.5) is 5.69 Å². The molecule has 3 aromatic rings. The van der Waals surface area contributed by atoms with Gasteiger partial charge in [-0.3, -0.25) is 4.79 Å². The molecular weight excluding hydrogens is 296 g/mol. The summed E-state index contributed by atoms with van der Waals surface area (Å²) in [4.78, 5) is 26.8. The number of aromatic amines is 1. The van der Waals surface area contributed by atoms with Crippen LogP contribution in [0.5, 0.6) is 5.75 Å². The summed E-state index contributed by atoms with van der Waals surface area (Å²) in [5, 5.41) is 14.6. The monoisotopic (exact) mass is 312 g/mol. The normalized spacial score (nSPS) is 10.9. The molecule has 3 N–H and O–H groups in total. The maximum atomic E-state index is 12.3. The van der Waals surface area contributed by atoms with Crippen molar-refractivity contribution in [2.75, 3.05) is 11.9 Å². The number of fused-ring (bicyclic) bond motifs is 3. The number of amides is 1. The number of anilines is 1. The molecule has 0 saturated carbocycles. The van der Waals surface area contributed by atoms with Crippen molar-refractivity contribution in [3.63, 3.8) is 0 Å². The molecule has 6 heteroatoms. The van der Waals surface area contributed by atoms with Crippen molar-refractivity contribution in [1.29, 1.82) is 0 Å². The third kappa shape index (κ3) is 2.48. The van der Waals surface area contributed by atoms with E-state index in [1.54, 1.807) is 13.0 Å². The number of phenolic OH excluding ortho intramolecular Hbond substituents is 1. The summed E-state index contributed by atoms with van der Waals surface area (Å²) in [6.07, 6.45) is 0. The second-order valence-electron chi connectivity index (χ2n) is 5.14. The van der Waals surface area contributed by atoms with E-state index < -0.39 is 5.97 Å². The Bertz CT molecular complexity index is 927. The first kappa shape index (κ1) is 14.9. The van der Waals surface area contributed by atoms with E-state index in [1.807, 2.05) is 24.3 Å². The van der Waals surface area contributed by atoms with Crippen molar-refractivity contribution in [3.8, 4) is 5.75 Å². The average Bonchev–Trinajstić information content (AvgIpc) is 2.85. The number of ether oxygens (including phenoxy) is 1. The van der Waals surface area contributed by atoms with Crippen LogP contribution in [0.1, 0.15) is 24.2 Å². The third-order valence-corrected chi connectivity index (χ3v) is 3.57. The third-order valence-electron chi connectivity index (χ3n) is 3.57. The number of rotatable bonds is 3. The van der Waals surface area contributed by atoms with Crippen LogP contribution < -0.4 is 5.32 Å². The number of H-pyrrole nitrogens is 1. The minimum atomic E-state index is -0.645. The minimum absolute atomic E-state index is 0.0179. The van der Waals surface area contributed by atoms with Crippen LogP contribution in [0.25, 0.3) is 21.8 Å². The highest BCUT2D eigenvalue weighted by molar-refractivity contribution is 6.17. The van der Waals surface area contributed by atoms with E-state index in [2.05, 4.69) is 10.3 Å². The van der Waals surface area contributed by atoms with Crippen molar-refractivity contribution in [3.05, 3.63) is 35.9 Å². The number of aromatic nitrogens is 1. The molecule has 2 aromatic carbocycles. The van der Waals surface area contributed by atoms with Gasteiger partial charge in [-0.1, -0.05) is 18.2 Å². The van der Waals surface area contributed by atoms with Crippen LogP contribution in [0.3, 0.4) is 0 Å². The van der Waals surface area contributed by atoms with Crippen LogP contribution in [0.15, 0.2) is 30.3 Å². The summed E-state index contributed by atoms with van der Waals surface area (Å²) in [5.41, 5.74) is 1.51. The molecule has 0 aliphatic rings. The van der Waals surface area contributed by atoms with Gasteiger partial charge >= 0.3 is 5.97 Å². The van der Waals surface area contributed by atoms with Crippen molar-refractivity contribution in [1.82, 2.24) is 4.98 Å². The van der Waals surface area contributed by atoms with Crippen LogP contribution in [0.2, 0.25) is 0 Å². The number of hydrogen-bond acceptors (Lipinski definition) is 4. The van der Waals surface area contributed by atoms with E-state index in [-0.39, 0.29) is 29.5 Å². The summed E-state index contributed by atoms with van der Waals surface area (Å²) in [5.74, 6) is -1.29. The largest absolute Gasteiger partial charge is 0.505 e. The molecule has 0 spiro atoms. The van der Waals surface area contributed by atoms with Gasteiger partial charge in [-0.2, -0.15) is 0 Å². The lowest BCUT2D eigenvalue weighted by Gasteiger charge is -2.11. The molecule has 0 radical (unpaired) electrons. The minimum Gasteiger partial charge on any atom is -0.505 e. The Morgan fingerprint density at radius 2 is 2.00 bits per heavy atom. The van der Waals surface area contributed by atoms with Crippen molar-refractivity contribution in [2.45, 2.75) is 13.8 Å². The molecule has 118 valence electrons. The summed E-state index contributed by atoms with van der Waals surface area (Å²) < 4.78 is 5.04. The zero-order valence-electron chi connectivity index (χ0n) is 12.8. The first-order valence-corrected chi connectivity index (χ1v) is 7.24. The molecule has 0 saturated heterocycles. The van der Waals surface area contributed by atoms with Gasteiger partial charge in [0.2, 0.25) is 5.91 Å². The number of para-hydroxylation sites is 1. The van der Waals surface area contributed by atoms with E-state index in [1.165, 1.54) is 6.92 Å². The van der Waals surface area contributed by atoms with Crippen LogP contribution >= 0.6 is 0 Å². The average molecular weight is 312 g/mol. The van der Waals surface area contributed by atoms with E-state index in [4.69, 9.17) is 4.74 Å². The Morgan fingerprint density at radius 1 is 1.26 bits per heavy atom. The second kappa shape index (κ2) is 5.64. The van der Waals surface area contributed by atoms with E-state index in [0.717, 1.165) is 16.3 Å². The van der Waals surface area contributed by atoms with E-state index in [0.29, 0.717) is 5.52 Å². The van der Waals surface area contributed by atoms with Gasteiger partial charge in [0.15, 0.2) is 5.75 Å². The van der Waals surface area contributed by atoms with Gasteiger partial charge in [0.05, 0.1) is 17.8 Å². The summed E-state index contributed by atoms with van der Waals surface area (Å²) in [6.45, 7) is 3.21. The molecule has 0 aliphatic carbocycles. The SMILES string of the molecule is CCOC(=O)c1c(O)c(NC(C)=O)cc2c1[nH]c1ccccc12. The quantitative estimate of drug-likeness (QED) is 0.512. The van der Waals surface area contributed by atoms with Crippen LogP contribution in [-0.2, 0) is 9.53 Å². The highest BCUT2D eigenvalue weighted by Crippen LogP contribution is 2.38. The molecule has 1 heterocycles. The molecule has 1 aromatic heterocycles. The standard InChI is InChI=1S/C17H16N2O4/c1-3-23-17(22)14-15-11(8-13(16(14)21)18-9(2)20)10-6-4-5-7-12(10)19-15/h4-8,19,21H,3H2,1-2H3,(H,18,20). The molecule has 0 atom stereocenters. The number of esters is 1. The molecule has 23 heavy (non-hydrogen) atoms. The Morgan fingerprint density at radius 3 is 2.70 bits per heavy atom. The number of hydrogen-bond donors (Lipinski definition) is 3.